The van der Waals surface area contributed by atoms with Crippen LogP contribution >= 0.6 is 0 Å². The molecule has 1 aromatic carbocycles. The Morgan fingerprint density at radius 3 is 2.55 bits per heavy atom. The van der Waals surface area contributed by atoms with Crippen molar-refractivity contribution in [2.75, 3.05) is 38.5 Å². The second-order valence-electron chi connectivity index (χ2n) is 12.6. The van der Waals surface area contributed by atoms with Crippen molar-refractivity contribution in [2.45, 2.75) is 69.9 Å². The van der Waals surface area contributed by atoms with Gasteiger partial charge in [-0.3, -0.25) is 9.36 Å². The monoisotopic (exact) mass is 566 g/mol. The first kappa shape index (κ1) is 27.3. The molecule has 9 nitrogen and oxygen atoms in total. The fourth-order valence-electron chi connectivity index (χ4n) is 7.30. The van der Waals surface area contributed by atoms with E-state index in [0.29, 0.717) is 23.2 Å². The van der Waals surface area contributed by atoms with Crippen LogP contribution in [0.1, 0.15) is 69.0 Å². The molecule has 0 spiro atoms. The summed E-state index contributed by atoms with van der Waals surface area (Å²) in [6.45, 7) is 4.32. The first-order chi connectivity index (χ1) is 20.6. The number of rotatable bonds is 7. The maximum absolute atomic E-state index is 14.3. The summed E-state index contributed by atoms with van der Waals surface area (Å²) in [7, 11) is 2.17. The Kier molecular flexibility index (Phi) is 7.78. The summed E-state index contributed by atoms with van der Waals surface area (Å²) in [6.07, 6.45) is 15.8. The second-order valence-corrected chi connectivity index (χ2v) is 12.6. The summed E-state index contributed by atoms with van der Waals surface area (Å²) in [5.41, 5.74) is 3.66. The van der Waals surface area contributed by atoms with Gasteiger partial charge in [0.25, 0.3) is 5.56 Å². The van der Waals surface area contributed by atoms with Crippen molar-refractivity contribution in [3.8, 4) is 11.4 Å². The van der Waals surface area contributed by atoms with Gasteiger partial charge in [-0.1, -0.05) is 25.0 Å². The molecule has 42 heavy (non-hydrogen) atoms. The highest BCUT2D eigenvalue weighted by atomic mass is 16.1. The van der Waals surface area contributed by atoms with Gasteiger partial charge in [0, 0.05) is 48.3 Å². The number of pyridine rings is 1. The van der Waals surface area contributed by atoms with E-state index >= 15 is 0 Å². The zero-order chi connectivity index (χ0) is 28.5. The van der Waals surface area contributed by atoms with E-state index in [9.17, 15) is 4.79 Å². The van der Waals surface area contributed by atoms with Gasteiger partial charge in [0.1, 0.15) is 11.5 Å². The molecule has 0 bridgehead atoms. The van der Waals surface area contributed by atoms with E-state index in [1.165, 1.54) is 18.4 Å². The van der Waals surface area contributed by atoms with E-state index in [0.717, 1.165) is 93.9 Å². The zero-order valence-electron chi connectivity index (χ0n) is 24.6. The molecule has 3 aliphatic rings. The number of piperidine rings is 2. The lowest BCUT2D eigenvalue weighted by molar-refractivity contribution is 0.213. The number of hydrogen-bond donors (Lipinski definition) is 2. The van der Waals surface area contributed by atoms with Gasteiger partial charge < -0.3 is 20.1 Å². The molecule has 5 heterocycles. The number of likely N-dealkylation sites (N-methyl/N-ethyl adjacent to an activating group) is 1. The largest absolute Gasteiger partial charge is 0.326 e. The lowest BCUT2D eigenvalue weighted by Gasteiger charge is -2.31. The van der Waals surface area contributed by atoms with Crippen LogP contribution in [0.15, 0.2) is 53.7 Å². The number of hydrogen-bond acceptors (Lipinski definition) is 7. The number of nitrogens with one attached hydrogen (secondary N) is 2. The Morgan fingerprint density at radius 2 is 1.76 bits per heavy atom. The SMILES string of the molecule is CN1CCCC(n2ccnc2-c2cc3cnc(Nc4ccc(CC5CCNCC5)cc4)nc3n(C3CCCC3)c2=O)C1. The van der Waals surface area contributed by atoms with E-state index in [2.05, 4.69) is 56.4 Å². The number of imidazole rings is 1. The minimum atomic E-state index is -0.00192. The van der Waals surface area contributed by atoms with Gasteiger partial charge in [-0.15, -0.1) is 0 Å². The van der Waals surface area contributed by atoms with Gasteiger partial charge in [0.15, 0.2) is 0 Å². The maximum Gasteiger partial charge on any atom is 0.263 e. The van der Waals surface area contributed by atoms with Gasteiger partial charge >= 0.3 is 0 Å². The predicted octanol–water partition coefficient (Wildman–Crippen LogP) is 5.32. The molecule has 1 atom stereocenters. The predicted molar refractivity (Wildman–Crippen MR) is 167 cm³/mol. The zero-order valence-corrected chi connectivity index (χ0v) is 24.6. The lowest BCUT2D eigenvalue weighted by Crippen LogP contribution is -2.34. The van der Waals surface area contributed by atoms with E-state index in [4.69, 9.17) is 9.97 Å². The van der Waals surface area contributed by atoms with Crippen molar-refractivity contribution in [2.24, 2.45) is 5.92 Å². The maximum atomic E-state index is 14.3. The third-order valence-corrected chi connectivity index (χ3v) is 9.56. The van der Waals surface area contributed by atoms with Crippen LogP contribution in [-0.2, 0) is 6.42 Å². The highest BCUT2D eigenvalue weighted by Gasteiger charge is 2.27. The molecule has 3 aromatic heterocycles. The molecule has 0 amide bonds. The van der Waals surface area contributed by atoms with Crippen molar-refractivity contribution in [3.05, 3.63) is 64.8 Å². The molecule has 2 saturated heterocycles. The van der Waals surface area contributed by atoms with Crippen LogP contribution < -0.4 is 16.2 Å². The van der Waals surface area contributed by atoms with Gasteiger partial charge in [-0.2, -0.15) is 4.98 Å². The van der Waals surface area contributed by atoms with Gasteiger partial charge in [0.2, 0.25) is 5.95 Å². The molecular formula is C33H42N8O. The number of benzene rings is 1. The number of aromatic nitrogens is 5. The third-order valence-electron chi connectivity index (χ3n) is 9.56. The van der Waals surface area contributed by atoms with E-state index in [-0.39, 0.29) is 11.6 Å². The average Bonchev–Trinajstić information content (AvgIpc) is 3.72. The molecule has 2 aliphatic heterocycles. The Hall–Kier alpha value is -3.56. The summed E-state index contributed by atoms with van der Waals surface area (Å²) in [4.78, 5) is 30.9. The highest BCUT2D eigenvalue weighted by Crippen LogP contribution is 2.33. The molecule has 9 heteroatoms. The minimum Gasteiger partial charge on any atom is -0.326 e. The molecule has 7 rings (SSSR count). The van der Waals surface area contributed by atoms with Crippen molar-refractivity contribution in [3.63, 3.8) is 0 Å². The van der Waals surface area contributed by atoms with Crippen LogP contribution in [0.3, 0.4) is 0 Å². The summed E-state index contributed by atoms with van der Waals surface area (Å²) in [5, 5.41) is 7.72. The molecule has 3 fully saturated rings. The number of likely N-dealkylation sites (tertiary alicyclic amines) is 1. The Morgan fingerprint density at radius 1 is 0.976 bits per heavy atom. The number of nitrogens with zero attached hydrogens (tertiary/aromatic N) is 6. The van der Waals surface area contributed by atoms with Crippen LogP contribution in [-0.4, -0.2) is 62.2 Å². The van der Waals surface area contributed by atoms with Crippen LogP contribution in [0, 0.1) is 5.92 Å². The van der Waals surface area contributed by atoms with Crippen molar-refractivity contribution < 1.29 is 0 Å². The highest BCUT2D eigenvalue weighted by molar-refractivity contribution is 5.81. The summed E-state index contributed by atoms with van der Waals surface area (Å²) < 4.78 is 4.15. The summed E-state index contributed by atoms with van der Waals surface area (Å²) >= 11 is 0. The minimum absolute atomic E-state index is 0.00192. The standard InChI is InChI=1S/C33H42N8O/c1-39-17-4-7-28(22-39)40-18-16-35-31(40)29-20-25-21-36-33(38-30(25)41(32(29)42)27-5-2-3-6-27)37-26-10-8-23(9-11-26)19-24-12-14-34-15-13-24/h8-11,16,18,20-21,24,27-28,34H,2-7,12-15,17,19,22H2,1H3,(H,36,37,38). The van der Waals surface area contributed by atoms with Crippen molar-refractivity contribution >= 4 is 22.7 Å². The lowest BCUT2D eigenvalue weighted by atomic mass is 9.91. The second kappa shape index (κ2) is 12.0. The van der Waals surface area contributed by atoms with E-state index in [1.54, 1.807) is 0 Å². The molecule has 1 aliphatic carbocycles. The van der Waals surface area contributed by atoms with Crippen molar-refractivity contribution in [1.82, 2.24) is 34.3 Å². The quantitative estimate of drug-likeness (QED) is 0.313. The fourth-order valence-corrected chi connectivity index (χ4v) is 7.30. The van der Waals surface area contributed by atoms with Gasteiger partial charge in [-0.05, 0) is 101 Å². The normalized spacial score (nSPS) is 20.8. The van der Waals surface area contributed by atoms with Crippen LogP contribution in [0.2, 0.25) is 0 Å². The Bertz CT molecular complexity index is 1580. The van der Waals surface area contributed by atoms with Gasteiger partial charge in [0.05, 0.1) is 5.56 Å². The van der Waals surface area contributed by atoms with Crippen molar-refractivity contribution in [1.29, 1.82) is 0 Å². The first-order valence-electron chi connectivity index (χ1n) is 15.8. The summed E-state index contributed by atoms with van der Waals surface area (Å²) in [6, 6.07) is 11.0. The van der Waals surface area contributed by atoms with Gasteiger partial charge in [-0.25, -0.2) is 9.97 Å². The van der Waals surface area contributed by atoms with E-state index in [1.807, 2.05) is 29.2 Å². The molecule has 1 saturated carbocycles. The third kappa shape index (κ3) is 5.60. The Labute approximate surface area is 247 Å². The van der Waals surface area contributed by atoms with Crippen LogP contribution in [0.5, 0.6) is 0 Å². The molecule has 4 aromatic rings. The number of anilines is 2. The van der Waals surface area contributed by atoms with E-state index < -0.39 is 0 Å². The smallest absolute Gasteiger partial charge is 0.263 e. The molecular weight excluding hydrogens is 524 g/mol. The summed E-state index contributed by atoms with van der Waals surface area (Å²) in [5.74, 6) is 2.02. The first-order valence-corrected chi connectivity index (χ1v) is 15.8. The fraction of sp³-hybridized carbons (Fsp3) is 0.515. The Balaban J connectivity index is 1.20. The molecule has 1 unspecified atom stereocenters. The molecule has 2 N–H and O–H groups in total. The van der Waals surface area contributed by atoms with Crippen LogP contribution in [0.25, 0.3) is 22.4 Å². The number of fused-ring (bicyclic) bond motifs is 1. The topological polar surface area (TPSA) is 92.9 Å². The molecule has 0 radical (unpaired) electrons. The average molecular weight is 567 g/mol. The van der Waals surface area contributed by atoms with Crippen LogP contribution in [0.4, 0.5) is 11.6 Å². The molecule has 220 valence electrons.